The summed E-state index contributed by atoms with van der Waals surface area (Å²) in [6, 6.07) is 0. The van der Waals surface area contributed by atoms with E-state index < -0.39 is 11.2 Å². The van der Waals surface area contributed by atoms with Gasteiger partial charge in [-0.2, -0.15) is 0 Å². The molecule has 1 aliphatic heterocycles. The molecular formula is C16H26N5O3S+. The molecule has 1 saturated heterocycles. The van der Waals surface area contributed by atoms with E-state index in [4.69, 9.17) is 4.74 Å². The van der Waals surface area contributed by atoms with Gasteiger partial charge in [-0.3, -0.25) is 14.3 Å². The van der Waals surface area contributed by atoms with Crippen LogP contribution in [-0.2, 0) is 18.3 Å². The Balaban J connectivity index is 1.85. The Bertz CT molecular complexity index is 835. The van der Waals surface area contributed by atoms with E-state index in [1.54, 1.807) is 30.8 Å². The summed E-state index contributed by atoms with van der Waals surface area (Å²) in [5.74, 6) is 0.942. The molecule has 2 aromatic rings. The van der Waals surface area contributed by atoms with Crippen LogP contribution in [0.2, 0.25) is 0 Å². The average Bonchev–Trinajstić information content (AvgIpc) is 2.98. The molecular weight excluding hydrogens is 342 g/mol. The highest BCUT2D eigenvalue weighted by Gasteiger charge is 2.19. The van der Waals surface area contributed by atoms with E-state index in [1.807, 2.05) is 4.57 Å². The number of likely N-dealkylation sites (tertiary alicyclic amines) is 1. The number of quaternary nitrogens is 1. The number of nitrogens with zero attached hydrogens (tertiary/aromatic N) is 3. The number of aromatic amines is 1. The number of methoxy groups -OCH3 is 1. The van der Waals surface area contributed by atoms with Crippen molar-refractivity contribution in [3.05, 3.63) is 20.8 Å². The Morgan fingerprint density at radius 3 is 2.76 bits per heavy atom. The van der Waals surface area contributed by atoms with Crippen LogP contribution in [0.4, 0.5) is 0 Å². The number of hydrogen-bond acceptors (Lipinski definition) is 5. The third-order valence-electron chi connectivity index (χ3n) is 4.74. The van der Waals surface area contributed by atoms with Gasteiger partial charge in [-0.1, -0.05) is 11.8 Å². The van der Waals surface area contributed by atoms with Gasteiger partial charge in [0.2, 0.25) is 0 Å². The Hall–Kier alpha value is -1.58. The van der Waals surface area contributed by atoms with Crippen molar-refractivity contribution < 1.29 is 9.64 Å². The fraction of sp³-hybridized carbons (Fsp3) is 0.688. The van der Waals surface area contributed by atoms with Crippen molar-refractivity contribution in [1.82, 2.24) is 19.1 Å². The molecule has 0 spiro atoms. The van der Waals surface area contributed by atoms with Crippen molar-refractivity contribution in [1.29, 1.82) is 0 Å². The summed E-state index contributed by atoms with van der Waals surface area (Å²) >= 11 is 1.65. The van der Waals surface area contributed by atoms with Gasteiger partial charge in [0.05, 0.1) is 32.0 Å². The zero-order chi connectivity index (χ0) is 17.8. The maximum atomic E-state index is 12.3. The van der Waals surface area contributed by atoms with E-state index >= 15 is 0 Å². The molecule has 0 unspecified atom stereocenters. The van der Waals surface area contributed by atoms with Gasteiger partial charge < -0.3 is 14.2 Å². The minimum atomic E-state index is -0.441. The number of imidazole rings is 1. The number of fused-ring (bicyclic) bond motifs is 1. The number of rotatable bonds is 7. The lowest BCUT2D eigenvalue weighted by atomic mass is 10.1. The molecule has 0 aromatic carbocycles. The van der Waals surface area contributed by atoms with E-state index in [0.29, 0.717) is 24.3 Å². The minimum absolute atomic E-state index is 0.393. The first-order valence-corrected chi connectivity index (χ1v) is 9.75. The first-order valence-electron chi connectivity index (χ1n) is 8.76. The van der Waals surface area contributed by atoms with Gasteiger partial charge in [0.1, 0.15) is 0 Å². The molecule has 25 heavy (non-hydrogen) atoms. The molecule has 9 heteroatoms. The highest BCUT2D eigenvalue weighted by atomic mass is 32.2. The Labute approximate surface area is 150 Å². The molecule has 2 N–H and O–H groups in total. The SMILES string of the molecule is COCCn1c(SCC[NH+]2CCCCC2)nc2c1c(=O)[nH]c(=O)n2C. The van der Waals surface area contributed by atoms with Crippen molar-refractivity contribution in [3.8, 4) is 0 Å². The van der Waals surface area contributed by atoms with E-state index in [1.165, 1.54) is 36.9 Å². The van der Waals surface area contributed by atoms with Crippen LogP contribution in [0, 0.1) is 0 Å². The van der Waals surface area contributed by atoms with Gasteiger partial charge in [-0.25, -0.2) is 9.78 Å². The second kappa shape index (κ2) is 8.20. The van der Waals surface area contributed by atoms with Crippen molar-refractivity contribution in [2.75, 3.05) is 39.1 Å². The zero-order valence-corrected chi connectivity index (χ0v) is 15.7. The van der Waals surface area contributed by atoms with E-state index in [9.17, 15) is 9.59 Å². The number of H-pyrrole nitrogens is 1. The lowest BCUT2D eigenvalue weighted by Gasteiger charge is -2.23. The standard InChI is InChI=1S/C16H25N5O3S/c1-19-13-12(14(22)18-15(19)23)21(8-10-24-2)16(17-13)25-11-9-20-6-4-3-5-7-20/h3-11H2,1-2H3,(H,18,22,23)/p+1. The van der Waals surface area contributed by atoms with Crippen LogP contribution in [0.25, 0.3) is 11.2 Å². The second-order valence-electron chi connectivity index (χ2n) is 6.44. The second-order valence-corrected chi connectivity index (χ2v) is 7.50. The quantitative estimate of drug-likeness (QED) is 0.627. The summed E-state index contributed by atoms with van der Waals surface area (Å²) in [5.41, 5.74) is 0.0306. The largest absolute Gasteiger partial charge is 0.383 e. The molecule has 0 atom stereocenters. The normalized spacial score (nSPS) is 15.9. The first-order chi connectivity index (χ1) is 12.1. The van der Waals surface area contributed by atoms with Crippen LogP contribution in [0.1, 0.15) is 19.3 Å². The third kappa shape index (κ3) is 3.99. The molecule has 3 rings (SSSR count). The smallest absolute Gasteiger partial charge is 0.329 e. The van der Waals surface area contributed by atoms with Crippen LogP contribution in [0.5, 0.6) is 0 Å². The van der Waals surface area contributed by atoms with E-state index in [0.717, 1.165) is 17.5 Å². The van der Waals surface area contributed by atoms with Gasteiger partial charge in [-0.05, 0) is 19.3 Å². The van der Waals surface area contributed by atoms with Gasteiger partial charge in [0.15, 0.2) is 16.3 Å². The Kier molecular flexibility index (Phi) is 5.98. The Morgan fingerprint density at radius 1 is 1.28 bits per heavy atom. The van der Waals surface area contributed by atoms with Gasteiger partial charge >= 0.3 is 5.69 Å². The van der Waals surface area contributed by atoms with Gasteiger partial charge in [0.25, 0.3) is 5.56 Å². The molecule has 0 radical (unpaired) electrons. The average molecular weight is 368 g/mol. The van der Waals surface area contributed by atoms with Crippen LogP contribution < -0.4 is 16.1 Å². The number of aromatic nitrogens is 4. The number of nitrogens with one attached hydrogen (secondary N) is 2. The molecule has 0 bridgehead atoms. The molecule has 1 aliphatic rings. The van der Waals surface area contributed by atoms with Crippen LogP contribution >= 0.6 is 11.8 Å². The lowest BCUT2D eigenvalue weighted by molar-refractivity contribution is -0.902. The van der Waals surface area contributed by atoms with Crippen LogP contribution in [-0.4, -0.2) is 58.2 Å². The molecule has 2 aromatic heterocycles. The van der Waals surface area contributed by atoms with Gasteiger partial charge in [-0.15, -0.1) is 0 Å². The molecule has 8 nitrogen and oxygen atoms in total. The van der Waals surface area contributed by atoms with Crippen molar-refractivity contribution in [2.45, 2.75) is 31.0 Å². The Morgan fingerprint density at radius 2 is 2.04 bits per heavy atom. The summed E-state index contributed by atoms with van der Waals surface area (Å²) in [5, 5.41) is 0.773. The predicted octanol–water partition coefficient (Wildman–Crippen LogP) is -0.769. The van der Waals surface area contributed by atoms with Crippen LogP contribution in [0.15, 0.2) is 14.7 Å². The third-order valence-corrected chi connectivity index (χ3v) is 5.72. The number of aryl methyl sites for hydroxylation is 1. The minimum Gasteiger partial charge on any atom is -0.383 e. The molecule has 0 aliphatic carbocycles. The van der Waals surface area contributed by atoms with Crippen molar-refractivity contribution in [2.24, 2.45) is 7.05 Å². The molecule has 138 valence electrons. The highest BCUT2D eigenvalue weighted by Crippen LogP contribution is 2.20. The molecule has 0 saturated carbocycles. The maximum absolute atomic E-state index is 12.3. The topological polar surface area (TPSA) is 86.3 Å². The number of piperidine rings is 1. The fourth-order valence-corrected chi connectivity index (χ4v) is 4.37. The first kappa shape index (κ1) is 18.2. The summed E-state index contributed by atoms with van der Waals surface area (Å²) in [7, 11) is 3.26. The van der Waals surface area contributed by atoms with Gasteiger partial charge in [0, 0.05) is 20.7 Å². The van der Waals surface area contributed by atoms with Crippen LogP contribution in [0.3, 0.4) is 0 Å². The molecule has 1 fully saturated rings. The number of hydrogen-bond donors (Lipinski definition) is 2. The predicted molar refractivity (Wildman–Crippen MR) is 97.6 cm³/mol. The highest BCUT2D eigenvalue weighted by molar-refractivity contribution is 7.99. The van der Waals surface area contributed by atoms with Crippen molar-refractivity contribution in [3.63, 3.8) is 0 Å². The lowest BCUT2D eigenvalue weighted by Crippen LogP contribution is -3.13. The summed E-state index contributed by atoms with van der Waals surface area (Å²) < 4.78 is 8.43. The van der Waals surface area contributed by atoms with Crippen molar-refractivity contribution >= 4 is 22.9 Å². The number of ether oxygens (including phenoxy) is 1. The molecule has 3 heterocycles. The maximum Gasteiger partial charge on any atom is 0.329 e. The monoisotopic (exact) mass is 368 g/mol. The summed E-state index contributed by atoms with van der Waals surface area (Å²) in [6.45, 7) is 4.60. The van der Waals surface area contributed by atoms with E-state index in [2.05, 4.69) is 9.97 Å². The fourth-order valence-electron chi connectivity index (χ4n) is 3.30. The summed E-state index contributed by atoms with van der Waals surface area (Å²) in [6.07, 6.45) is 3.97. The summed E-state index contributed by atoms with van der Waals surface area (Å²) in [4.78, 5) is 32.7. The zero-order valence-electron chi connectivity index (χ0n) is 14.8. The van der Waals surface area contributed by atoms with E-state index in [-0.39, 0.29) is 0 Å². The number of thioether (sulfide) groups is 1. The molecule has 0 amide bonds.